The maximum atomic E-state index is 4.10. The second kappa shape index (κ2) is 14.8. The van der Waals surface area contributed by atoms with Gasteiger partial charge >= 0.3 is 0 Å². The van der Waals surface area contributed by atoms with Crippen molar-refractivity contribution in [1.29, 1.82) is 0 Å². The van der Waals surface area contributed by atoms with Crippen LogP contribution < -0.4 is 0 Å². The summed E-state index contributed by atoms with van der Waals surface area (Å²) < 4.78 is 0. The Hall–Kier alpha value is -2.45. The van der Waals surface area contributed by atoms with E-state index >= 15 is 0 Å². The molecule has 0 N–H and O–H groups in total. The van der Waals surface area contributed by atoms with Crippen molar-refractivity contribution < 1.29 is 0 Å². The average molecular weight is 705 g/mol. The molecule has 1 aliphatic rings. The van der Waals surface area contributed by atoms with Gasteiger partial charge in [0.15, 0.2) is 0 Å². The molecule has 0 unspecified atom stereocenters. The van der Waals surface area contributed by atoms with Crippen LogP contribution in [-0.4, -0.2) is 32.3 Å². The molecule has 0 aromatic heterocycles. The van der Waals surface area contributed by atoms with Crippen LogP contribution in [0, 0.1) is 45.9 Å². The predicted octanol–water partition coefficient (Wildman–Crippen LogP) is 13.0. The third-order valence-corrected chi connectivity index (χ3v) is 25.0. The van der Waals surface area contributed by atoms with E-state index < -0.39 is 32.3 Å². The van der Waals surface area contributed by atoms with Crippen molar-refractivity contribution in [3.8, 4) is 45.9 Å². The van der Waals surface area contributed by atoms with Gasteiger partial charge in [0.2, 0.25) is 0 Å². The predicted molar refractivity (Wildman–Crippen MR) is 229 cm³/mol. The van der Waals surface area contributed by atoms with Crippen LogP contribution in [0.5, 0.6) is 0 Å². The first kappa shape index (κ1) is 40.0. The third-order valence-electron chi connectivity index (χ3n) is 10.6. The van der Waals surface area contributed by atoms with Crippen LogP contribution in [0.3, 0.4) is 0 Å². The van der Waals surface area contributed by atoms with E-state index in [2.05, 4.69) is 192 Å². The highest BCUT2D eigenvalue weighted by Gasteiger charge is 2.43. The van der Waals surface area contributed by atoms with E-state index in [0.717, 1.165) is 22.3 Å². The fourth-order valence-electron chi connectivity index (χ4n) is 8.37. The van der Waals surface area contributed by atoms with E-state index in [1.165, 1.54) is 21.9 Å². The van der Waals surface area contributed by atoms with Crippen molar-refractivity contribution in [3.63, 3.8) is 0 Å². The fourth-order valence-corrected chi connectivity index (χ4v) is 19.8. The standard InChI is InChI=1S/C44H64Si4/c1-31(2)47(32(3)4,33(5)6)29-25-39-40(26-30-48(34(7)8,35(9)10)36(11)12)42-22-20-38(24-28-46(16,17)18)43-37(23-27-45(13,14)15)19-21-41(39)44(42)43/h19-22,31-36H,1-18H3. The first-order chi connectivity index (χ1) is 22.0. The molecule has 0 fully saturated rings. The van der Waals surface area contributed by atoms with Gasteiger partial charge in [-0.1, -0.05) is 158 Å². The molecular weight excluding hydrogens is 641 g/mol. The lowest BCUT2D eigenvalue weighted by Gasteiger charge is -2.38. The Morgan fingerprint density at radius 2 is 0.667 bits per heavy atom. The van der Waals surface area contributed by atoms with Crippen LogP contribution in [0.15, 0.2) is 24.3 Å². The van der Waals surface area contributed by atoms with Crippen molar-refractivity contribution in [2.45, 2.75) is 156 Å². The molecule has 0 bridgehead atoms. The number of rotatable bonds is 6. The number of benzene rings is 2. The summed E-state index contributed by atoms with van der Waals surface area (Å²) in [5.41, 5.74) is 25.8. The first-order valence-corrected chi connectivity index (χ1v) is 29.9. The van der Waals surface area contributed by atoms with Crippen LogP contribution in [0.25, 0.3) is 21.9 Å². The highest BCUT2D eigenvalue weighted by molar-refractivity contribution is 6.91. The SMILES string of the molecule is CC(C)[Si](C#CC1=C(C#C[Si](C(C)C)(C(C)C)C(C)C)c2ccc(C#C[Si](C)(C)C)c3c(C#C[Si](C)(C)C)ccc1c23)(C(C)C)C(C)C. The van der Waals surface area contributed by atoms with E-state index in [-0.39, 0.29) is 0 Å². The van der Waals surface area contributed by atoms with Gasteiger partial charge in [0.1, 0.15) is 32.3 Å². The number of hydrogen-bond acceptors (Lipinski definition) is 0. The van der Waals surface area contributed by atoms with Gasteiger partial charge < -0.3 is 0 Å². The number of allylic oxidation sites excluding steroid dienone is 2. The van der Waals surface area contributed by atoms with Crippen LogP contribution in [0.1, 0.15) is 105 Å². The summed E-state index contributed by atoms with van der Waals surface area (Å²) in [6.07, 6.45) is 0. The molecule has 0 amide bonds. The molecular formula is C44H64Si4. The van der Waals surface area contributed by atoms with Crippen LogP contribution in [-0.2, 0) is 0 Å². The average Bonchev–Trinajstić information content (AvgIpc) is 3.24. The molecule has 0 spiro atoms. The lowest BCUT2D eigenvalue weighted by atomic mass is 9.94. The zero-order chi connectivity index (χ0) is 36.6. The molecule has 256 valence electrons. The van der Waals surface area contributed by atoms with Gasteiger partial charge in [0.25, 0.3) is 0 Å². The zero-order valence-electron chi connectivity index (χ0n) is 33.8. The summed E-state index contributed by atoms with van der Waals surface area (Å²) in [7, 11) is -7.17. The Morgan fingerprint density at radius 3 is 0.917 bits per heavy atom. The molecule has 0 saturated carbocycles. The molecule has 4 heteroatoms. The largest absolute Gasteiger partial charge is 0.146 e. The molecule has 0 aliphatic heterocycles. The molecule has 3 rings (SSSR count). The Bertz CT molecular complexity index is 1650. The van der Waals surface area contributed by atoms with Crippen molar-refractivity contribution in [2.24, 2.45) is 0 Å². The lowest BCUT2D eigenvalue weighted by Crippen LogP contribution is -2.43. The highest BCUT2D eigenvalue weighted by Crippen LogP contribution is 2.46. The van der Waals surface area contributed by atoms with Gasteiger partial charge in [-0.25, -0.2) is 0 Å². The monoisotopic (exact) mass is 704 g/mol. The first-order valence-electron chi connectivity index (χ1n) is 18.5. The Balaban J connectivity index is 2.61. The van der Waals surface area contributed by atoms with Crippen molar-refractivity contribution in [2.75, 3.05) is 0 Å². The second-order valence-electron chi connectivity index (χ2n) is 18.1. The van der Waals surface area contributed by atoms with Crippen molar-refractivity contribution in [1.82, 2.24) is 0 Å². The lowest BCUT2D eigenvalue weighted by molar-refractivity contribution is 0.838. The molecule has 2 aromatic carbocycles. The van der Waals surface area contributed by atoms with Gasteiger partial charge in [-0.3, -0.25) is 0 Å². The molecule has 0 atom stereocenters. The topological polar surface area (TPSA) is 0 Å². The molecule has 0 radical (unpaired) electrons. The molecule has 0 heterocycles. The Kier molecular flexibility index (Phi) is 12.3. The van der Waals surface area contributed by atoms with E-state index in [1.54, 1.807) is 0 Å². The molecule has 1 aliphatic carbocycles. The molecule has 0 saturated heterocycles. The summed E-state index contributed by atoms with van der Waals surface area (Å²) in [4.78, 5) is 0. The van der Waals surface area contributed by atoms with Crippen LogP contribution in [0.2, 0.25) is 72.5 Å². The van der Waals surface area contributed by atoms with Crippen molar-refractivity contribution >= 4 is 54.2 Å². The van der Waals surface area contributed by atoms with E-state index in [0.29, 0.717) is 33.2 Å². The molecule has 2 aromatic rings. The summed E-state index contributed by atoms with van der Waals surface area (Å²) in [6, 6.07) is 9.10. The van der Waals surface area contributed by atoms with Gasteiger partial charge in [0.05, 0.1) is 0 Å². The maximum Gasteiger partial charge on any atom is 0.146 e. The van der Waals surface area contributed by atoms with Gasteiger partial charge in [-0.2, -0.15) is 0 Å². The Morgan fingerprint density at radius 1 is 0.375 bits per heavy atom. The van der Waals surface area contributed by atoms with Gasteiger partial charge in [0, 0.05) is 33.0 Å². The minimum Gasteiger partial charge on any atom is -0.127 e. The van der Waals surface area contributed by atoms with E-state index in [1.807, 2.05) is 0 Å². The van der Waals surface area contributed by atoms with E-state index in [9.17, 15) is 0 Å². The van der Waals surface area contributed by atoms with Crippen LogP contribution >= 0.6 is 0 Å². The summed E-state index contributed by atoms with van der Waals surface area (Å²) in [6.45, 7) is 42.7. The number of hydrogen-bond donors (Lipinski definition) is 0. The van der Waals surface area contributed by atoms with Crippen LogP contribution in [0.4, 0.5) is 0 Å². The molecule has 0 nitrogen and oxygen atoms in total. The van der Waals surface area contributed by atoms with Gasteiger partial charge in [-0.05, 0) is 56.5 Å². The van der Waals surface area contributed by atoms with E-state index in [4.69, 9.17) is 0 Å². The van der Waals surface area contributed by atoms with Gasteiger partial charge in [-0.15, -0.1) is 22.2 Å². The summed E-state index contributed by atoms with van der Waals surface area (Å²) >= 11 is 0. The minimum atomic E-state index is -1.98. The quantitative estimate of drug-likeness (QED) is 0.207. The Labute approximate surface area is 300 Å². The minimum absolute atomic E-state index is 0.564. The smallest absolute Gasteiger partial charge is 0.127 e. The molecule has 48 heavy (non-hydrogen) atoms. The maximum absolute atomic E-state index is 4.10. The zero-order valence-corrected chi connectivity index (χ0v) is 37.8. The third kappa shape index (κ3) is 7.96. The normalized spacial score (nSPS) is 13.6. The fraction of sp³-hybridized carbons (Fsp3) is 0.545. The second-order valence-corrected chi connectivity index (χ2v) is 38.8. The van der Waals surface area contributed by atoms with Crippen molar-refractivity contribution in [3.05, 3.63) is 46.5 Å². The summed E-state index contributed by atoms with van der Waals surface area (Å²) in [5, 5.41) is 2.45. The summed E-state index contributed by atoms with van der Waals surface area (Å²) in [5.74, 6) is 15.2. The highest BCUT2D eigenvalue weighted by atomic mass is 28.3.